The number of hydrogen-bond acceptors (Lipinski definition) is 7. The van der Waals surface area contributed by atoms with Gasteiger partial charge in [0.2, 0.25) is 0 Å². The van der Waals surface area contributed by atoms with E-state index in [2.05, 4.69) is 15.0 Å². The minimum atomic E-state index is -2.67. The Hall–Kier alpha value is -1.62. The fourth-order valence-corrected chi connectivity index (χ4v) is 6.53. The Morgan fingerprint density at radius 3 is 2.58 bits per heavy atom. The van der Waals surface area contributed by atoms with Gasteiger partial charge in [0, 0.05) is 0 Å². The van der Waals surface area contributed by atoms with E-state index in [1.807, 2.05) is 33.9 Å². The molecule has 0 aromatic carbocycles. The second-order valence-electron chi connectivity index (χ2n) is 8.38. The molecular weight excluding hydrogens is 357 g/mol. The predicted molar refractivity (Wildman–Crippen MR) is 97.8 cm³/mol. The third-order valence-corrected chi connectivity index (χ3v) is 12.5. The first-order valence-corrected chi connectivity index (χ1v) is 11.5. The molecule has 8 nitrogen and oxygen atoms in total. The van der Waals surface area contributed by atoms with Crippen molar-refractivity contribution in [2.24, 2.45) is 0 Å². The van der Waals surface area contributed by atoms with Gasteiger partial charge in [-0.15, -0.1) is 0 Å². The largest absolute Gasteiger partial charge is 0.394 e. The number of nitrogens with two attached hydrogens (primary N) is 1. The molecule has 0 aliphatic carbocycles. The molecule has 0 radical (unpaired) electrons. The second-order valence-corrected chi connectivity index (χ2v) is 13.9. The minimum Gasteiger partial charge on any atom is -0.394 e. The molecule has 2 aromatic rings. The SMILES string of the molecule is CC(C)(C)[Si](C)(C)[C@@]1(O)[C@@H](CO)O[C@@H](n2cnc3c(N)ncnc32)[C@@H]1F. The minimum absolute atomic E-state index is 0.181. The van der Waals surface area contributed by atoms with Crippen molar-refractivity contribution in [3.63, 3.8) is 0 Å². The van der Waals surface area contributed by atoms with Gasteiger partial charge >= 0.3 is 0 Å². The monoisotopic (exact) mass is 383 g/mol. The molecule has 4 atom stereocenters. The third-order valence-electron chi connectivity index (χ3n) is 6.17. The van der Waals surface area contributed by atoms with Crippen molar-refractivity contribution in [2.45, 2.75) is 62.6 Å². The van der Waals surface area contributed by atoms with Crippen LogP contribution < -0.4 is 5.73 Å². The van der Waals surface area contributed by atoms with E-state index in [4.69, 9.17) is 10.5 Å². The van der Waals surface area contributed by atoms with Gasteiger partial charge in [-0.3, -0.25) is 4.57 Å². The van der Waals surface area contributed by atoms with Crippen molar-refractivity contribution in [3.8, 4) is 0 Å². The van der Waals surface area contributed by atoms with Crippen LogP contribution >= 0.6 is 0 Å². The molecule has 2 aromatic heterocycles. The van der Waals surface area contributed by atoms with Gasteiger partial charge in [0.25, 0.3) is 0 Å². The Kier molecular flexibility index (Phi) is 4.38. The number of halogens is 1. The van der Waals surface area contributed by atoms with Crippen molar-refractivity contribution in [2.75, 3.05) is 12.3 Å². The van der Waals surface area contributed by atoms with Crippen LogP contribution in [-0.2, 0) is 4.74 Å². The summed E-state index contributed by atoms with van der Waals surface area (Å²) in [7, 11) is -2.67. The molecule has 0 amide bonds. The molecule has 3 rings (SSSR count). The van der Waals surface area contributed by atoms with Crippen LogP contribution in [0.25, 0.3) is 11.2 Å². The predicted octanol–water partition coefficient (Wildman–Crippen LogP) is 1.42. The Morgan fingerprint density at radius 2 is 2.00 bits per heavy atom. The lowest BCUT2D eigenvalue weighted by Crippen LogP contribution is -2.68. The van der Waals surface area contributed by atoms with E-state index in [9.17, 15) is 10.2 Å². The number of rotatable bonds is 3. The number of aromatic nitrogens is 4. The van der Waals surface area contributed by atoms with Crippen LogP contribution in [0, 0.1) is 0 Å². The van der Waals surface area contributed by atoms with Gasteiger partial charge in [-0.25, -0.2) is 19.3 Å². The van der Waals surface area contributed by atoms with Crippen LogP contribution in [0.5, 0.6) is 0 Å². The Labute approximate surface area is 152 Å². The van der Waals surface area contributed by atoms with Crippen molar-refractivity contribution in [1.29, 1.82) is 0 Å². The molecule has 0 spiro atoms. The van der Waals surface area contributed by atoms with Gasteiger partial charge in [0.15, 0.2) is 23.9 Å². The first-order valence-electron chi connectivity index (χ1n) is 8.52. The van der Waals surface area contributed by atoms with Crippen molar-refractivity contribution in [1.82, 2.24) is 19.5 Å². The average molecular weight is 384 g/mol. The molecule has 0 bridgehead atoms. The molecule has 10 heteroatoms. The number of aliphatic hydroxyl groups excluding tert-OH is 1. The fourth-order valence-electron chi connectivity index (χ4n) is 3.53. The summed E-state index contributed by atoms with van der Waals surface area (Å²) in [5, 5.41) is 19.2. The zero-order valence-corrected chi connectivity index (χ0v) is 16.6. The standard InChI is InChI=1S/C16H26FN5O3Si/c1-15(2,3)26(4,5)16(24)9(6-23)25-14(11(16)17)22-8-21-10-12(18)19-7-20-13(10)22/h7-9,11,14,23-24H,6H2,1-5H3,(H2,18,19,20)/t9-,11+,14-,16+/m1/s1. The normalized spacial score (nSPS) is 30.2. The molecule has 26 heavy (non-hydrogen) atoms. The summed E-state index contributed by atoms with van der Waals surface area (Å²) in [4.78, 5) is 12.1. The zero-order chi connectivity index (χ0) is 19.5. The highest BCUT2D eigenvalue weighted by atomic mass is 28.3. The molecule has 144 valence electrons. The number of anilines is 1. The van der Waals surface area contributed by atoms with Crippen molar-refractivity contribution >= 4 is 25.1 Å². The maximum absolute atomic E-state index is 15.7. The summed E-state index contributed by atoms with van der Waals surface area (Å²) in [6.07, 6.45) is -1.32. The van der Waals surface area contributed by atoms with Crippen LogP contribution in [0.15, 0.2) is 12.7 Å². The summed E-state index contributed by atoms with van der Waals surface area (Å²) in [5.41, 5.74) is 6.45. The summed E-state index contributed by atoms with van der Waals surface area (Å²) < 4.78 is 22.9. The highest BCUT2D eigenvalue weighted by Crippen LogP contribution is 2.52. The highest BCUT2D eigenvalue weighted by molar-refractivity contribution is 6.83. The number of aliphatic hydroxyl groups is 2. The first kappa shape index (κ1) is 19.1. The quantitative estimate of drug-likeness (QED) is 0.686. The maximum Gasteiger partial charge on any atom is 0.173 e. The Balaban J connectivity index is 2.11. The van der Waals surface area contributed by atoms with E-state index in [1.54, 1.807) is 0 Å². The van der Waals surface area contributed by atoms with Crippen LogP contribution in [0.3, 0.4) is 0 Å². The van der Waals surface area contributed by atoms with Crippen molar-refractivity contribution < 1.29 is 19.3 Å². The van der Waals surface area contributed by atoms with E-state index in [-0.39, 0.29) is 10.9 Å². The Bertz CT molecular complexity index is 824. The molecule has 1 aliphatic rings. The second kappa shape index (κ2) is 5.94. The van der Waals surface area contributed by atoms with Crippen LogP contribution in [0.2, 0.25) is 18.1 Å². The third kappa shape index (κ3) is 2.39. The van der Waals surface area contributed by atoms with E-state index in [1.165, 1.54) is 17.2 Å². The fraction of sp³-hybridized carbons (Fsp3) is 0.688. The number of alkyl halides is 1. The van der Waals surface area contributed by atoms with Crippen LogP contribution in [-0.4, -0.2) is 61.9 Å². The lowest BCUT2D eigenvalue weighted by atomic mass is 10.1. The van der Waals surface area contributed by atoms with Gasteiger partial charge in [-0.05, 0) is 5.04 Å². The molecule has 0 saturated carbocycles. The molecule has 1 aliphatic heterocycles. The van der Waals surface area contributed by atoms with E-state index in [0.717, 1.165) is 0 Å². The lowest BCUT2D eigenvalue weighted by molar-refractivity contribution is -0.0576. The lowest BCUT2D eigenvalue weighted by Gasteiger charge is -2.49. The number of fused-ring (bicyclic) bond motifs is 1. The number of ether oxygens (including phenoxy) is 1. The number of nitrogens with zero attached hydrogens (tertiary/aromatic N) is 4. The maximum atomic E-state index is 15.7. The first-order chi connectivity index (χ1) is 12.0. The van der Waals surface area contributed by atoms with E-state index < -0.39 is 38.4 Å². The summed E-state index contributed by atoms with van der Waals surface area (Å²) in [6, 6.07) is 0. The molecule has 1 fully saturated rings. The van der Waals surface area contributed by atoms with Gasteiger partial charge in [-0.1, -0.05) is 33.9 Å². The molecule has 0 unspecified atom stereocenters. The Morgan fingerprint density at radius 1 is 1.35 bits per heavy atom. The topological polar surface area (TPSA) is 119 Å². The van der Waals surface area contributed by atoms with Gasteiger partial charge in [-0.2, -0.15) is 0 Å². The van der Waals surface area contributed by atoms with Gasteiger partial charge in [0.05, 0.1) is 21.0 Å². The number of imidazole rings is 1. The van der Waals surface area contributed by atoms with Gasteiger partial charge in [0.1, 0.15) is 23.2 Å². The average Bonchev–Trinajstić information content (AvgIpc) is 3.08. The summed E-state index contributed by atoms with van der Waals surface area (Å²) >= 11 is 0. The number of nitrogen functional groups attached to an aromatic ring is 1. The van der Waals surface area contributed by atoms with E-state index in [0.29, 0.717) is 11.2 Å². The molecule has 3 heterocycles. The van der Waals surface area contributed by atoms with E-state index >= 15 is 4.39 Å². The molecular formula is C16H26FN5O3Si. The zero-order valence-electron chi connectivity index (χ0n) is 15.6. The van der Waals surface area contributed by atoms with Gasteiger partial charge < -0.3 is 20.7 Å². The summed E-state index contributed by atoms with van der Waals surface area (Å²) in [5.74, 6) is 0.181. The van der Waals surface area contributed by atoms with Crippen LogP contribution in [0.1, 0.15) is 27.0 Å². The van der Waals surface area contributed by atoms with Crippen molar-refractivity contribution in [3.05, 3.63) is 12.7 Å². The number of hydrogen-bond donors (Lipinski definition) is 3. The van der Waals surface area contributed by atoms with Crippen LogP contribution in [0.4, 0.5) is 10.2 Å². The summed E-state index contributed by atoms with van der Waals surface area (Å²) in [6.45, 7) is 9.29. The highest BCUT2D eigenvalue weighted by Gasteiger charge is 2.67. The molecule has 1 saturated heterocycles. The molecule has 4 N–H and O–H groups in total. The smallest absolute Gasteiger partial charge is 0.173 e.